The number of cyclic esters (lactones) is 1. The summed E-state index contributed by atoms with van der Waals surface area (Å²) >= 11 is 0. The minimum absolute atomic E-state index is 0.0617. The van der Waals surface area contributed by atoms with Gasteiger partial charge in [-0.3, -0.25) is 4.90 Å². The van der Waals surface area contributed by atoms with Crippen LogP contribution in [-0.2, 0) is 16.0 Å². The summed E-state index contributed by atoms with van der Waals surface area (Å²) in [5, 5.41) is 9.53. The molecule has 3 rings (SSSR count). The molecule has 23 heavy (non-hydrogen) atoms. The predicted octanol–water partition coefficient (Wildman–Crippen LogP) is 2.54. The van der Waals surface area contributed by atoms with Gasteiger partial charge in [-0.2, -0.15) is 0 Å². The van der Waals surface area contributed by atoms with Gasteiger partial charge >= 0.3 is 5.97 Å². The number of carbonyl (C=O) groups excluding carboxylic acids is 1. The van der Waals surface area contributed by atoms with Crippen molar-refractivity contribution in [2.45, 2.75) is 24.6 Å². The van der Waals surface area contributed by atoms with Gasteiger partial charge in [-0.25, -0.2) is 4.79 Å². The van der Waals surface area contributed by atoms with Gasteiger partial charge in [0.15, 0.2) is 6.23 Å². The lowest BCUT2D eigenvalue weighted by Gasteiger charge is -2.33. The Morgan fingerprint density at radius 2 is 1.70 bits per heavy atom. The van der Waals surface area contributed by atoms with Crippen LogP contribution in [0.3, 0.4) is 0 Å². The number of benzene rings is 2. The van der Waals surface area contributed by atoms with E-state index >= 15 is 0 Å². The average molecular weight is 311 g/mol. The number of likely N-dealkylation sites (N-methyl/N-ethyl adjacent to an activating group) is 1. The fraction of sp³-hybridized carbons (Fsp3) is 0.316. The fourth-order valence-electron chi connectivity index (χ4n) is 3.25. The summed E-state index contributed by atoms with van der Waals surface area (Å²) < 4.78 is 5.68. The minimum Gasteiger partial charge on any atom is -0.441 e. The van der Waals surface area contributed by atoms with Crippen molar-refractivity contribution in [2.75, 3.05) is 13.7 Å². The topological polar surface area (TPSA) is 49.8 Å². The molecule has 0 radical (unpaired) electrons. The molecule has 0 unspecified atom stereocenters. The van der Waals surface area contributed by atoms with E-state index in [1.165, 1.54) is 0 Å². The van der Waals surface area contributed by atoms with Crippen LogP contribution in [0.25, 0.3) is 0 Å². The quantitative estimate of drug-likeness (QED) is 0.862. The molecule has 0 aromatic heterocycles. The smallest absolute Gasteiger partial charge is 0.328 e. The first kappa shape index (κ1) is 15.7. The average Bonchev–Trinajstić information content (AvgIpc) is 2.82. The maximum absolute atomic E-state index is 12.7. The third-order valence-corrected chi connectivity index (χ3v) is 4.58. The van der Waals surface area contributed by atoms with E-state index in [-0.39, 0.29) is 12.6 Å². The van der Waals surface area contributed by atoms with Crippen LogP contribution in [0.1, 0.15) is 23.8 Å². The van der Waals surface area contributed by atoms with E-state index in [2.05, 4.69) is 0 Å². The summed E-state index contributed by atoms with van der Waals surface area (Å²) in [6.07, 6.45) is 0.451. The summed E-state index contributed by atoms with van der Waals surface area (Å²) in [5.74, 6) is -0.272. The maximum Gasteiger partial charge on any atom is 0.328 e. The van der Waals surface area contributed by atoms with Gasteiger partial charge in [0.05, 0.1) is 0 Å². The van der Waals surface area contributed by atoms with Crippen molar-refractivity contribution >= 4 is 5.97 Å². The minimum atomic E-state index is -0.837. The van der Waals surface area contributed by atoms with Crippen LogP contribution in [0, 0.1) is 0 Å². The Hall–Kier alpha value is -2.17. The Kier molecular flexibility index (Phi) is 4.46. The number of hydrogen-bond donors (Lipinski definition) is 1. The molecule has 2 aromatic carbocycles. The van der Waals surface area contributed by atoms with E-state index in [0.29, 0.717) is 12.8 Å². The van der Waals surface area contributed by atoms with Crippen molar-refractivity contribution in [1.82, 2.24) is 4.90 Å². The zero-order valence-corrected chi connectivity index (χ0v) is 13.2. The van der Waals surface area contributed by atoms with Gasteiger partial charge < -0.3 is 9.84 Å². The van der Waals surface area contributed by atoms with Crippen LogP contribution in [0.15, 0.2) is 60.7 Å². The SMILES string of the molecule is CN1[C@@H](c2ccccc2)OC(=O)[C@]1(CCO)Cc1ccccc1. The molecule has 4 heteroatoms. The lowest BCUT2D eigenvalue weighted by molar-refractivity contribution is -0.146. The standard InChI is InChI=1S/C19H21NO3/c1-20-17(16-10-6-3-7-11-16)23-18(22)19(20,12-13-21)14-15-8-4-2-5-9-15/h2-11,17,21H,12-14H2,1H3/t17-,19+/m1/s1. The molecule has 0 bridgehead atoms. The molecule has 120 valence electrons. The first-order valence-electron chi connectivity index (χ1n) is 7.81. The molecule has 0 spiro atoms. The lowest BCUT2D eigenvalue weighted by Crippen LogP contribution is -2.49. The number of aliphatic hydroxyl groups is 1. The highest BCUT2D eigenvalue weighted by atomic mass is 16.6. The second kappa shape index (κ2) is 6.52. The molecule has 1 N–H and O–H groups in total. The van der Waals surface area contributed by atoms with Crippen molar-refractivity contribution in [3.63, 3.8) is 0 Å². The highest BCUT2D eigenvalue weighted by Gasteiger charge is 2.53. The number of carbonyl (C=O) groups is 1. The van der Waals surface area contributed by atoms with Gasteiger partial charge in [0.2, 0.25) is 0 Å². The molecule has 1 saturated heterocycles. The number of hydrogen-bond acceptors (Lipinski definition) is 4. The summed E-state index contributed by atoms with van der Waals surface area (Å²) in [4.78, 5) is 14.7. The number of ether oxygens (including phenoxy) is 1. The summed E-state index contributed by atoms with van der Waals surface area (Å²) in [6, 6.07) is 19.6. The molecule has 4 nitrogen and oxygen atoms in total. The largest absolute Gasteiger partial charge is 0.441 e. The molecular weight excluding hydrogens is 290 g/mol. The van der Waals surface area contributed by atoms with Crippen molar-refractivity contribution in [1.29, 1.82) is 0 Å². The third kappa shape index (κ3) is 2.87. The van der Waals surface area contributed by atoms with Crippen molar-refractivity contribution in [3.8, 4) is 0 Å². The van der Waals surface area contributed by atoms with Gasteiger partial charge in [0.25, 0.3) is 0 Å². The van der Waals surface area contributed by atoms with E-state index < -0.39 is 11.8 Å². The second-order valence-corrected chi connectivity index (χ2v) is 5.95. The second-order valence-electron chi connectivity index (χ2n) is 5.95. The van der Waals surface area contributed by atoms with Gasteiger partial charge in [0, 0.05) is 25.0 Å². The Bertz CT molecular complexity index is 659. The van der Waals surface area contributed by atoms with Crippen LogP contribution < -0.4 is 0 Å². The van der Waals surface area contributed by atoms with Crippen molar-refractivity contribution < 1.29 is 14.6 Å². The third-order valence-electron chi connectivity index (χ3n) is 4.58. The van der Waals surface area contributed by atoms with Gasteiger partial charge in [-0.15, -0.1) is 0 Å². The van der Waals surface area contributed by atoms with Crippen molar-refractivity contribution in [3.05, 3.63) is 71.8 Å². The van der Waals surface area contributed by atoms with Crippen LogP contribution in [0.5, 0.6) is 0 Å². The summed E-state index contributed by atoms with van der Waals surface area (Å²) in [5.41, 5.74) is 1.16. The molecule has 1 fully saturated rings. The predicted molar refractivity (Wildman–Crippen MR) is 87.6 cm³/mol. The Balaban J connectivity index is 1.94. The first-order valence-corrected chi connectivity index (χ1v) is 7.81. The van der Waals surface area contributed by atoms with Gasteiger partial charge in [0.1, 0.15) is 5.54 Å². The maximum atomic E-state index is 12.7. The van der Waals surface area contributed by atoms with Crippen molar-refractivity contribution in [2.24, 2.45) is 0 Å². The Labute approximate surface area is 136 Å². The molecule has 2 atom stereocenters. The number of nitrogens with zero attached hydrogens (tertiary/aromatic N) is 1. The highest BCUT2D eigenvalue weighted by Crippen LogP contribution is 2.40. The number of aliphatic hydroxyl groups excluding tert-OH is 1. The number of rotatable bonds is 5. The van der Waals surface area contributed by atoms with Crippen LogP contribution >= 0.6 is 0 Å². The Morgan fingerprint density at radius 3 is 2.30 bits per heavy atom. The molecule has 0 amide bonds. The number of esters is 1. The van der Waals surface area contributed by atoms with E-state index in [1.807, 2.05) is 72.6 Å². The summed E-state index contributed by atoms with van der Waals surface area (Å²) in [6.45, 7) is -0.0617. The zero-order valence-electron chi connectivity index (χ0n) is 13.2. The van der Waals surface area contributed by atoms with E-state index in [0.717, 1.165) is 11.1 Å². The molecule has 1 aliphatic heterocycles. The first-order chi connectivity index (χ1) is 11.2. The monoisotopic (exact) mass is 311 g/mol. The molecule has 0 aliphatic carbocycles. The Morgan fingerprint density at radius 1 is 1.09 bits per heavy atom. The van der Waals surface area contributed by atoms with Crippen LogP contribution in [-0.4, -0.2) is 35.2 Å². The molecule has 1 aliphatic rings. The summed E-state index contributed by atoms with van der Waals surface area (Å²) in [7, 11) is 1.89. The molecular formula is C19H21NO3. The normalized spacial score (nSPS) is 24.6. The molecule has 0 saturated carbocycles. The van der Waals surface area contributed by atoms with Crippen LogP contribution in [0.2, 0.25) is 0 Å². The van der Waals surface area contributed by atoms with E-state index in [9.17, 15) is 9.90 Å². The molecule has 1 heterocycles. The zero-order chi connectivity index (χ0) is 16.3. The molecule has 2 aromatic rings. The van der Waals surface area contributed by atoms with E-state index in [4.69, 9.17) is 4.74 Å². The van der Waals surface area contributed by atoms with Gasteiger partial charge in [-0.1, -0.05) is 60.7 Å². The van der Waals surface area contributed by atoms with Gasteiger partial charge in [-0.05, 0) is 12.6 Å². The van der Waals surface area contributed by atoms with Crippen LogP contribution in [0.4, 0.5) is 0 Å². The lowest BCUT2D eigenvalue weighted by atomic mass is 9.86. The highest BCUT2D eigenvalue weighted by molar-refractivity contribution is 5.83. The van der Waals surface area contributed by atoms with E-state index in [1.54, 1.807) is 0 Å². The fourth-order valence-corrected chi connectivity index (χ4v) is 3.25.